The van der Waals surface area contributed by atoms with Crippen LogP contribution in [-0.2, 0) is 16.0 Å². The average Bonchev–Trinajstić information content (AvgIpc) is 2.68. The summed E-state index contributed by atoms with van der Waals surface area (Å²) in [6.07, 6.45) is 1.76. The standard InChI is InChI=1S/C22H26N2O2/c1-3-17-9-11-18(12-10-17)19-13-20(15-24(14-19)16(2)25)22(26)23-21-7-5-4-6-8-21/h4-12,19-20H,3,13-15H2,1-2H3,(H,23,26). The Bertz CT molecular complexity index is 755. The quantitative estimate of drug-likeness (QED) is 0.911. The fourth-order valence-electron chi connectivity index (χ4n) is 3.58. The highest BCUT2D eigenvalue weighted by molar-refractivity contribution is 5.93. The molecule has 1 aliphatic heterocycles. The van der Waals surface area contributed by atoms with Gasteiger partial charge in [0.1, 0.15) is 0 Å². The lowest BCUT2D eigenvalue weighted by molar-refractivity contribution is -0.133. The van der Waals surface area contributed by atoms with Crippen molar-refractivity contribution < 1.29 is 9.59 Å². The Balaban J connectivity index is 1.76. The van der Waals surface area contributed by atoms with Gasteiger partial charge in [0.15, 0.2) is 0 Å². The van der Waals surface area contributed by atoms with Crippen LogP contribution in [0.15, 0.2) is 54.6 Å². The summed E-state index contributed by atoms with van der Waals surface area (Å²) in [5, 5.41) is 2.98. The first-order valence-corrected chi connectivity index (χ1v) is 9.27. The summed E-state index contributed by atoms with van der Waals surface area (Å²) in [5.74, 6) is -0.0106. The van der Waals surface area contributed by atoms with E-state index in [0.717, 1.165) is 18.5 Å². The van der Waals surface area contributed by atoms with Gasteiger partial charge in [-0.05, 0) is 36.1 Å². The monoisotopic (exact) mass is 350 g/mol. The molecule has 1 heterocycles. The number of carbonyl (C=O) groups is 2. The summed E-state index contributed by atoms with van der Waals surface area (Å²) in [4.78, 5) is 26.6. The van der Waals surface area contributed by atoms with E-state index in [-0.39, 0.29) is 23.7 Å². The van der Waals surface area contributed by atoms with Gasteiger partial charge in [-0.25, -0.2) is 0 Å². The van der Waals surface area contributed by atoms with Crippen LogP contribution in [0.4, 0.5) is 5.69 Å². The predicted molar refractivity (Wildman–Crippen MR) is 104 cm³/mol. The van der Waals surface area contributed by atoms with Gasteiger partial charge in [-0.2, -0.15) is 0 Å². The minimum absolute atomic E-state index is 0.0164. The van der Waals surface area contributed by atoms with Crippen LogP contribution in [0, 0.1) is 5.92 Å². The van der Waals surface area contributed by atoms with Gasteiger partial charge < -0.3 is 10.2 Å². The van der Waals surface area contributed by atoms with Crippen LogP contribution in [-0.4, -0.2) is 29.8 Å². The van der Waals surface area contributed by atoms with E-state index in [0.29, 0.717) is 13.1 Å². The molecule has 0 radical (unpaired) electrons. The van der Waals surface area contributed by atoms with E-state index in [1.165, 1.54) is 11.1 Å². The van der Waals surface area contributed by atoms with Crippen molar-refractivity contribution in [3.8, 4) is 0 Å². The molecule has 0 saturated carbocycles. The lowest BCUT2D eigenvalue weighted by Gasteiger charge is -2.37. The highest BCUT2D eigenvalue weighted by Gasteiger charge is 2.33. The molecular weight excluding hydrogens is 324 g/mol. The number of likely N-dealkylation sites (tertiary alicyclic amines) is 1. The van der Waals surface area contributed by atoms with Crippen molar-refractivity contribution in [3.63, 3.8) is 0 Å². The van der Waals surface area contributed by atoms with Gasteiger partial charge in [-0.1, -0.05) is 49.4 Å². The second kappa shape index (κ2) is 8.17. The zero-order chi connectivity index (χ0) is 18.5. The van der Waals surface area contributed by atoms with Crippen LogP contribution in [0.2, 0.25) is 0 Å². The SMILES string of the molecule is CCc1ccc(C2CC(C(=O)Nc3ccccc3)CN(C(C)=O)C2)cc1. The zero-order valence-electron chi connectivity index (χ0n) is 15.4. The maximum atomic E-state index is 12.8. The molecule has 26 heavy (non-hydrogen) atoms. The molecule has 1 N–H and O–H groups in total. The lowest BCUT2D eigenvalue weighted by atomic mass is 9.83. The summed E-state index contributed by atoms with van der Waals surface area (Å²) in [6.45, 7) is 4.87. The van der Waals surface area contributed by atoms with E-state index < -0.39 is 0 Å². The summed E-state index contributed by atoms with van der Waals surface area (Å²) in [6, 6.07) is 18.0. The molecule has 3 rings (SSSR count). The molecule has 1 fully saturated rings. The van der Waals surface area contributed by atoms with Gasteiger partial charge >= 0.3 is 0 Å². The normalized spacial score (nSPS) is 19.8. The summed E-state index contributed by atoms with van der Waals surface area (Å²) in [5.41, 5.74) is 3.29. The molecule has 136 valence electrons. The summed E-state index contributed by atoms with van der Waals surface area (Å²) < 4.78 is 0. The van der Waals surface area contributed by atoms with Gasteiger partial charge in [0.2, 0.25) is 11.8 Å². The van der Waals surface area contributed by atoms with Gasteiger partial charge in [-0.3, -0.25) is 9.59 Å². The third-order valence-corrected chi connectivity index (χ3v) is 5.17. The third kappa shape index (κ3) is 4.31. The maximum absolute atomic E-state index is 12.8. The smallest absolute Gasteiger partial charge is 0.229 e. The Kier molecular flexibility index (Phi) is 5.71. The second-order valence-corrected chi connectivity index (χ2v) is 7.00. The fourth-order valence-corrected chi connectivity index (χ4v) is 3.58. The largest absolute Gasteiger partial charge is 0.342 e. The van der Waals surface area contributed by atoms with E-state index in [2.05, 4.69) is 36.5 Å². The number of benzene rings is 2. The summed E-state index contributed by atoms with van der Waals surface area (Å²) >= 11 is 0. The Labute approximate surface area is 155 Å². The number of hydrogen-bond donors (Lipinski definition) is 1. The lowest BCUT2D eigenvalue weighted by Crippen LogP contribution is -2.45. The maximum Gasteiger partial charge on any atom is 0.229 e. The molecule has 0 spiro atoms. The van der Waals surface area contributed by atoms with Crippen molar-refractivity contribution in [1.29, 1.82) is 0 Å². The fraction of sp³-hybridized carbons (Fsp3) is 0.364. The molecule has 2 amide bonds. The predicted octanol–water partition coefficient (Wildman–Crippen LogP) is 3.84. The van der Waals surface area contributed by atoms with E-state index in [1.807, 2.05) is 30.3 Å². The molecular formula is C22H26N2O2. The van der Waals surface area contributed by atoms with Crippen molar-refractivity contribution in [2.75, 3.05) is 18.4 Å². The van der Waals surface area contributed by atoms with Gasteiger partial charge in [-0.15, -0.1) is 0 Å². The van der Waals surface area contributed by atoms with Crippen molar-refractivity contribution in [3.05, 3.63) is 65.7 Å². The Morgan fingerprint density at radius 3 is 2.35 bits per heavy atom. The van der Waals surface area contributed by atoms with Gasteiger partial charge in [0, 0.05) is 31.6 Å². The van der Waals surface area contributed by atoms with Gasteiger partial charge in [0.25, 0.3) is 0 Å². The number of nitrogens with one attached hydrogen (secondary N) is 1. The topological polar surface area (TPSA) is 49.4 Å². The number of carbonyl (C=O) groups excluding carboxylic acids is 2. The van der Waals surface area contributed by atoms with E-state index in [9.17, 15) is 9.59 Å². The molecule has 2 aromatic rings. The van der Waals surface area contributed by atoms with Gasteiger partial charge in [0.05, 0.1) is 5.92 Å². The first kappa shape index (κ1) is 18.2. The van der Waals surface area contributed by atoms with Crippen molar-refractivity contribution >= 4 is 17.5 Å². The van der Waals surface area contributed by atoms with Crippen LogP contribution in [0.3, 0.4) is 0 Å². The first-order chi connectivity index (χ1) is 12.6. The van der Waals surface area contributed by atoms with E-state index >= 15 is 0 Å². The molecule has 2 unspecified atom stereocenters. The molecule has 2 atom stereocenters. The number of anilines is 1. The molecule has 0 bridgehead atoms. The number of amides is 2. The number of aryl methyl sites for hydroxylation is 1. The van der Waals surface area contributed by atoms with Crippen molar-refractivity contribution in [2.45, 2.75) is 32.6 Å². The number of nitrogens with zero attached hydrogens (tertiary/aromatic N) is 1. The Morgan fingerprint density at radius 1 is 1.04 bits per heavy atom. The third-order valence-electron chi connectivity index (χ3n) is 5.17. The zero-order valence-corrected chi connectivity index (χ0v) is 15.4. The van der Waals surface area contributed by atoms with Crippen LogP contribution in [0.1, 0.15) is 37.3 Å². The second-order valence-electron chi connectivity index (χ2n) is 7.00. The number of piperidine rings is 1. The van der Waals surface area contributed by atoms with Crippen LogP contribution in [0.5, 0.6) is 0 Å². The van der Waals surface area contributed by atoms with E-state index in [4.69, 9.17) is 0 Å². The molecule has 4 nitrogen and oxygen atoms in total. The molecule has 4 heteroatoms. The molecule has 2 aromatic carbocycles. The minimum atomic E-state index is -0.205. The van der Waals surface area contributed by atoms with Crippen molar-refractivity contribution in [2.24, 2.45) is 5.92 Å². The molecule has 0 aromatic heterocycles. The van der Waals surface area contributed by atoms with Crippen LogP contribution < -0.4 is 5.32 Å². The highest BCUT2D eigenvalue weighted by Crippen LogP contribution is 2.31. The average molecular weight is 350 g/mol. The number of rotatable bonds is 4. The number of para-hydroxylation sites is 1. The first-order valence-electron chi connectivity index (χ1n) is 9.27. The number of hydrogen-bond acceptors (Lipinski definition) is 2. The highest BCUT2D eigenvalue weighted by atomic mass is 16.2. The van der Waals surface area contributed by atoms with Crippen LogP contribution in [0.25, 0.3) is 0 Å². The van der Waals surface area contributed by atoms with Crippen LogP contribution >= 0.6 is 0 Å². The summed E-state index contributed by atoms with van der Waals surface area (Å²) in [7, 11) is 0. The molecule has 1 aliphatic rings. The molecule has 0 aliphatic carbocycles. The Morgan fingerprint density at radius 2 is 1.73 bits per heavy atom. The van der Waals surface area contributed by atoms with E-state index in [1.54, 1.807) is 11.8 Å². The Hall–Kier alpha value is -2.62. The minimum Gasteiger partial charge on any atom is -0.342 e. The molecule has 1 saturated heterocycles. The van der Waals surface area contributed by atoms with Crippen molar-refractivity contribution in [1.82, 2.24) is 4.90 Å².